The van der Waals surface area contributed by atoms with Crippen LogP contribution in [0.2, 0.25) is 0 Å². The minimum absolute atomic E-state index is 0.0136. The number of hydrogen-bond acceptors (Lipinski definition) is 7. The molecule has 6 rings (SSSR count). The fourth-order valence-corrected chi connectivity index (χ4v) is 6.22. The van der Waals surface area contributed by atoms with Crippen LogP contribution in [0.5, 0.6) is 0 Å². The zero-order chi connectivity index (χ0) is 30.6. The topological polar surface area (TPSA) is 140 Å². The molecule has 2 aliphatic rings. The maximum atomic E-state index is 14.6. The summed E-state index contributed by atoms with van der Waals surface area (Å²) < 4.78 is 29.4. The fraction of sp³-hybridized carbons (Fsp3) is 0.344. The number of carbonyl (C=O) groups excluding carboxylic acids is 1. The Kier molecular flexibility index (Phi) is 8.62. The summed E-state index contributed by atoms with van der Waals surface area (Å²) in [6.07, 6.45) is 8.00. The van der Waals surface area contributed by atoms with Crippen molar-refractivity contribution in [1.82, 2.24) is 24.8 Å². The third kappa shape index (κ3) is 6.03. The summed E-state index contributed by atoms with van der Waals surface area (Å²) in [6, 6.07) is 13.4. The number of aromatic nitrogens is 4. The number of urea groups is 1. The third-order valence-electron chi connectivity index (χ3n) is 8.18. The van der Waals surface area contributed by atoms with E-state index in [2.05, 4.69) is 25.6 Å². The molecule has 1 saturated carbocycles. The lowest BCUT2D eigenvalue weighted by Gasteiger charge is -2.19. The number of carboxylic acid groups (broad SMARTS) is 1. The number of amides is 2. The SMILES string of the molecule is CCNC(=O)Nc1ncnc2c1ncn2C1CC(CCCc2c(F)cccc2C(=O)O)C2O[C@H](/C=C/c3ccccc3)OC21. The second-order valence-electron chi connectivity index (χ2n) is 10.9. The van der Waals surface area contributed by atoms with Gasteiger partial charge >= 0.3 is 12.0 Å². The lowest BCUT2D eigenvalue weighted by atomic mass is 9.94. The summed E-state index contributed by atoms with van der Waals surface area (Å²) in [7, 11) is 0. The number of carbonyl (C=O) groups is 2. The molecular formula is C32H33FN6O5. The predicted molar refractivity (Wildman–Crippen MR) is 160 cm³/mol. The van der Waals surface area contributed by atoms with E-state index in [0.29, 0.717) is 49.2 Å². The highest BCUT2D eigenvalue weighted by Gasteiger charge is 2.51. The van der Waals surface area contributed by atoms with Crippen LogP contribution >= 0.6 is 0 Å². The number of fused-ring (bicyclic) bond motifs is 2. The summed E-state index contributed by atoms with van der Waals surface area (Å²) >= 11 is 0. The molecule has 3 N–H and O–H groups in total. The molecule has 4 unspecified atom stereocenters. The van der Waals surface area contributed by atoms with E-state index in [-0.39, 0.29) is 41.3 Å². The number of anilines is 1. The fourth-order valence-electron chi connectivity index (χ4n) is 6.22. The second-order valence-corrected chi connectivity index (χ2v) is 10.9. The quantitative estimate of drug-likeness (QED) is 0.225. The molecule has 3 heterocycles. The van der Waals surface area contributed by atoms with Gasteiger partial charge in [0, 0.05) is 12.1 Å². The molecule has 2 amide bonds. The van der Waals surface area contributed by atoms with Crippen molar-refractivity contribution >= 4 is 35.1 Å². The Morgan fingerprint density at radius 2 is 1.91 bits per heavy atom. The Morgan fingerprint density at radius 1 is 1.09 bits per heavy atom. The highest BCUT2D eigenvalue weighted by Crippen LogP contribution is 2.47. The van der Waals surface area contributed by atoms with Gasteiger partial charge in [0.1, 0.15) is 18.2 Å². The standard InChI is InChI=1S/C32H33FN6O5/c1-2-34-32(42)38-29-26-30(36-17-35-29)39(18-37-26)24-16-20(10-6-11-21-22(31(40)41)12-7-13-23(21)33)27-28(24)44-25(43-27)15-14-19-8-4-3-5-9-19/h3-5,7-9,12-15,17-18,20,24-25,27-28H,2,6,10-11,16H2,1H3,(H,40,41)(H2,34,35,36,38,42)/b15-14+/t20?,24?,25-,27?,28?/m0/s1. The Hall–Kier alpha value is -4.68. The number of carboxylic acids is 1. The number of nitrogens with one attached hydrogen (secondary N) is 2. The van der Waals surface area contributed by atoms with Crippen molar-refractivity contribution in [2.24, 2.45) is 5.92 Å². The molecule has 0 radical (unpaired) electrons. The summed E-state index contributed by atoms with van der Waals surface area (Å²) in [5.74, 6) is -1.30. The summed E-state index contributed by atoms with van der Waals surface area (Å²) in [6.45, 7) is 2.29. The highest BCUT2D eigenvalue weighted by atomic mass is 19.1. The van der Waals surface area contributed by atoms with Gasteiger partial charge in [-0.1, -0.05) is 42.5 Å². The Labute approximate surface area is 253 Å². The van der Waals surface area contributed by atoms with Crippen molar-refractivity contribution in [1.29, 1.82) is 0 Å². The molecule has 2 fully saturated rings. The summed E-state index contributed by atoms with van der Waals surface area (Å²) in [5.41, 5.74) is 2.23. The maximum Gasteiger partial charge on any atom is 0.336 e. The van der Waals surface area contributed by atoms with E-state index < -0.39 is 18.1 Å². The van der Waals surface area contributed by atoms with Crippen molar-refractivity contribution < 1.29 is 28.6 Å². The number of aromatic carboxylic acids is 1. The van der Waals surface area contributed by atoms with Crippen LogP contribution in [0.1, 0.15) is 53.7 Å². The largest absolute Gasteiger partial charge is 0.478 e. The van der Waals surface area contributed by atoms with Crippen LogP contribution in [0.4, 0.5) is 15.0 Å². The van der Waals surface area contributed by atoms with Crippen LogP contribution < -0.4 is 10.6 Å². The summed E-state index contributed by atoms with van der Waals surface area (Å²) in [5, 5.41) is 15.0. The second kappa shape index (κ2) is 12.9. The Morgan fingerprint density at radius 3 is 2.70 bits per heavy atom. The van der Waals surface area contributed by atoms with Gasteiger partial charge in [0.15, 0.2) is 23.3 Å². The van der Waals surface area contributed by atoms with Crippen LogP contribution in [0, 0.1) is 11.7 Å². The van der Waals surface area contributed by atoms with Gasteiger partial charge in [-0.25, -0.2) is 28.9 Å². The van der Waals surface area contributed by atoms with Gasteiger partial charge in [0.2, 0.25) is 0 Å². The molecule has 0 spiro atoms. The average Bonchev–Trinajstić information content (AvgIpc) is 3.72. The van der Waals surface area contributed by atoms with Gasteiger partial charge in [-0.05, 0) is 62.3 Å². The van der Waals surface area contributed by atoms with Crippen LogP contribution in [0.3, 0.4) is 0 Å². The van der Waals surface area contributed by atoms with Gasteiger partial charge in [-0.3, -0.25) is 5.32 Å². The number of ether oxygens (including phenoxy) is 2. The first-order valence-electron chi connectivity index (χ1n) is 14.7. The molecule has 5 atom stereocenters. The van der Waals surface area contributed by atoms with Crippen molar-refractivity contribution in [3.05, 3.63) is 89.8 Å². The van der Waals surface area contributed by atoms with Gasteiger partial charge in [0.05, 0.1) is 24.0 Å². The molecular weight excluding hydrogens is 567 g/mol. The molecule has 4 aromatic rings. The van der Waals surface area contributed by atoms with E-state index in [4.69, 9.17) is 9.47 Å². The number of imidazole rings is 1. The maximum absolute atomic E-state index is 14.6. The first kappa shape index (κ1) is 29.4. The van der Waals surface area contributed by atoms with Gasteiger partial charge in [-0.2, -0.15) is 0 Å². The van der Waals surface area contributed by atoms with E-state index in [1.165, 1.54) is 24.5 Å². The number of rotatable bonds is 10. The van der Waals surface area contributed by atoms with Crippen molar-refractivity contribution in [3.8, 4) is 0 Å². The molecule has 12 heteroatoms. The van der Waals surface area contributed by atoms with E-state index in [0.717, 1.165) is 5.56 Å². The van der Waals surface area contributed by atoms with Crippen LogP contribution in [0.15, 0.2) is 67.3 Å². The molecule has 1 saturated heterocycles. The van der Waals surface area contributed by atoms with E-state index in [9.17, 15) is 19.1 Å². The normalized spacial score (nSPS) is 22.8. The van der Waals surface area contributed by atoms with Crippen LogP contribution in [-0.2, 0) is 15.9 Å². The number of benzene rings is 2. The molecule has 44 heavy (non-hydrogen) atoms. The first-order chi connectivity index (χ1) is 21.4. The highest BCUT2D eigenvalue weighted by molar-refractivity contribution is 5.95. The summed E-state index contributed by atoms with van der Waals surface area (Å²) in [4.78, 5) is 37.1. The Balaban J connectivity index is 1.25. The van der Waals surface area contributed by atoms with Crippen LogP contribution in [-0.4, -0.2) is 61.7 Å². The number of nitrogens with zero attached hydrogens (tertiary/aromatic N) is 4. The first-order valence-corrected chi connectivity index (χ1v) is 14.7. The molecule has 1 aliphatic carbocycles. The van der Waals surface area contributed by atoms with Gasteiger partial charge in [0.25, 0.3) is 0 Å². The van der Waals surface area contributed by atoms with Crippen molar-refractivity contribution in [2.75, 3.05) is 11.9 Å². The van der Waals surface area contributed by atoms with Gasteiger partial charge in [-0.15, -0.1) is 0 Å². The minimum atomic E-state index is -1.14. The predicted octanol–water partition coefficient (Wildman–Crippen LogP) is 5.21. The lowest BCUT2D eigenvalue weighted by molar-refractivity contribution is -0.0507. The monoisotopic (exact) mass is 600 g/mol. The molecule has 11 nitrogen and oxygen atoms in total. The molecule has 2 aromatic carbocycles. The van der Waals surface area contributed by atoms with E-state index in [1.54, 1.807) is 6.33 Å². The van der Waals surface area contributed by atoms with E-state index in [1.807, 2.05) is 54.0 Å². The Bertz CT molecular complexity index is 1680. The zero-order valence-corrected chi connectivity index (χ0v) is 24.1. The smallest absolute Gasteiger partial charge is 0.336 e. The zero-order valence-electron chi connectivity index (χ0n) is 24.1. The van der Waals surface area contributed by atoms with E-state index >= 15 is 0 Å². The molecule has 0 bridgehead atoms. The van der Waals surface area contributed by atoms with Gasteiger partial charge < -0.3 is 24.5 Å². The van der Waals surface area contributed by atoms with Crippen molar-refractivity contribution in [3.63, 3.8) is 0 Å². The lowest BCUT2D eigenvalue weighted by Crippen LogP contribution is -2.28. The molecule has 1 aliphatic heterocycles. The number of halogens is 1. The molecule has 2 aromatic heterocycles. The minimum Gasteiger partial charge on any atom is -0.478 e. The van der Waals surface area contributed by atoms with Crippen molar-refractivity contribution in [2.45, 2.75) is 57.1 Å². The van der Waals surface area contributed by atoms with Crippen LogP contribution in [0.25, 0.3) is 17.2 Å². The average molecular weight is 601 g/mol. The molecule has 228 valence electrons. The number of hydrogen-bond donors (Lipinski definition) is 3. The third-order valence-corrected chi connectivity index (χ3v) is 8.18.